The van der Waals surface area contributed by atoms with Gasteiger partial charge in [-0.3, -0.25) is 4.79 Å². The van der Waals surface area contributed by atoms with Crippen LogP contribution in [0.1, 0.15) is 34.6 Å². The van der Waals surface area contributed by atoms with Crippen molar-refractivity contribution in [2.24, 2.45) is 11.3 Å². The van der Waals surface area contributed by atoms with Gasteiger partial charge in [0, 0.05) is 13.1 Å². The molecule has 0 spiro atoms. The molecule has 1 unspecified atom stereocenters. The van der Waals surface area contributed by atoms with Crippen LogP contribution < -0.4 is 0 Å². The second-order valence-electron chi connectivity index (χ2n) is 5.13. The van der Waals surface area contributed by atoms with E-state index in [0.29, 0.717) is 6.54 Å². The molecule has 0 fully saturated rings. The van der Waals surface area contributed by atoms with Gasteiger partial charge in [-0.05, 0) is 12.0 Å². The third-order valence-electron chi connectivity index (χ3n) is 2.10. The number of hydrogen-bond acceptors (Lipinski definition) is 2. The first-order valence-electron chi connectivity index (χ1n) is 5.21. The van der Waals surface area contributed by atoms with Gasteiger partial charge in [0.2, 0.25) is 0 Å². The molecule has 0 aromatic rings. The van der Waals surface area contributed by atoms with E-state index in [-0.39, 0.29) is 11.3 Å². The quantitative estimate of drug-likeness (QED) is 0.740. The fraction of sp³-hybridized carbons (Fsp3) is 0.909. The first-order valence-corrected chi connectivity index (χ1v) is 5.21. The molecule has 0 aromatic carbocycles. The summed E-state index contributed by atoms with van der Waals surface area (Å²) >= 11 is 0. The molecule has 1 N–H and O–H groups in total. The summed E-state index contributed by atoms with van der Waals surface area (Å²) in [5.74, 6) is -0.991. The van der Waals surface area contributed by atoms with Crippen molar-refractivity contribution in [3.8, 4) is 0 Å². The lowest BCUT2D eigenvalue weighted by molar-refractivity contribution is -0.141. The Hall–Kier alpha value is -0.570. The number of nitrogens with zero attached hydrogens (tertiary/aromatic N) is 1. The number of hydrogen-bond donors (Lipinski definition) is 1. The second kappa shape index (κ2) is 5.35. The van der Waals surface area contributed by atoms with Gasteiger partial charge in [-0.25, -0.2) is 0 Å². The Morgan fingerprint density at radius 3 is 2.21 bits per heavy atom. The summed E-state index contributed by atoms with van der Waals surface area (Å²) in [6, 6.07) is 0. The highest BCUT2D eigenvalue weighted by Crippen LogP contribution is 2.15. The molecular weight excluding hydrogens is 178 g/mol. The predicted molar refractivity (Wildman–Crippen MR) is 58.4 cm³/mol. The van der Waals surface area contributed by atoms with Crippen molar-refractivity contribution in [3.05, 3.63) is 0 Å². The van der Waals surface area contributed by atoms with Gasteiger partial charge in [0.05, 0.1) is 5.92 Å². The summed E-state index contributed by atoms with van der Waals surface area (Å²) in [5, 5.41) is 8.80. The minimum absolute atomic E-state index is 0.230. The van der Waals surface area contributed by atoms with Crippen LogP contribution >= 0.6 is 0 Å². The Morgan fingerprint density at radius 2 is 1.93 bits per heavy atom. The number of carboxylic acids is 1. The molecular formula is C11H23NO2. The van der Waals surface area contributed by atoms with E-state index in [0.717, 1.165) is 13.1 Å². The number of aliphatic carboxylic acids is 1. The minimum Gasteiger partial charge on any atom is -0.481 e. The summed E-state index contributed by atoms with van der Waals surface area (Å²) in [7, 11) is 0. The predicted octanol–water partition coefficient (Wildman–Crippen LogP) is 2.08. The smallest absolute Gasteiger partial charge is 0.307 e. The molecule has 0 aliphatic heterocycles. The second-order valence-corrected chi connectivity index (χ2v) is 5.13. The lowest BCUT2D eigenvalue weighted by atomic mass is 9.95. The first-order chi connectivity index (χ1) is 6.26. The molecule has 0 aliphatic rings. The number of carbonyl (C=O) groups is 1. The maximum absolute atomic E-state index is 10.7. The molecule has 0 rings (SSSR count). The zero-order chi connectivity index (χ0) is 11.4. The van der Waals surface area contributed by atoms with Gasteiger partial charge >= 0.3 is 5.97 Å². The van der Waals surface area contributed by atoms with Crippen molar-refractivity contribution in [2.75, 3.05) is 19.6 Å². The van der Waals surface area contributed by atoms with E-state index in [1.807, 2.05) is 0 Å². The maximum Gasteiger partial charge on any atom is 0.307 e. The fourth-order valence-electron chi connectivity index (χ4n) is 1.44. The topological polar surface area (TPSA) is 40.5 Å². The van der Waals surface area contributed by atoms with Gasteiger partial charge in [0.1, 0.15) is 0 Å². The molecule has 3 nitrogen and oxygen atoms in total. The molecule has 0 bridgehead atoms. The Kier molecular flexibility index (Phi) is 5.13. The maximum atomic E-state index is 10.7. The molecule has 0 saturated heterocycles. The molecule has 0 radical (unpaired) electrons. The zero-order valence-corrected chi connectivity index (χ0v) is 10.0. The molecule has 0 amide bonds. The standard InChI is InChI=1S/C11H23NO2/c1-6-12(8-11(3,4)5)7-9(2)10(13)14/h9H,6-8H2,1-5H3,(H,13,14). The molecule has 1 atom stereocenters. The van der Waals surface area contributed by atoms with Crippen molar-refractivity contribution in [2.45, 2.75) is 34.6 Å². The summed E-state index contributed by atoms with van der Waals surface area (Å²) in [5.41, 5.74) is 0.230. The third-order valence-corrected chi connectivity index (χ3v) is 2.10. The van der Waals surface area contributed by atoms with Gasteiger partial charge in [0.25, 0.3) is 0 Å². The van der Waals surface area contributed by atoms with E-state index in [1.165, 1.54) is 0 Å². The van der Waals surface area contributed by atoms with Crippen LogP contribution in [0.15, 0.2) is 0 Å². The van der Waals surface area contributed by atoms with E-state index in [1.54, 1.807) is 6.92 Å². The molecule has 3 heteroatoms. The Balaban J connectivity index is 4.10. The lowest BCUT2D eigenvalue weighted by Gasteiger charge is -2.29. The molecule has 0 aliphatic carbocycles. The Labute approximate surface area is 87.1 Å². The van der Waals surface area contributed by atoms with E-state index in [9.17, 15) is 4.79 Å². The van der Waals surface area contributed by atoms with Gasteiger partial charge in [0.15, 0.2) is 0 Å². The zero-order valence-electron chi connectivity index (χ0n) is 10.0. The van der Waals surface area contributed by atoms with E-state index in [2.05, 4.69) is 32.6 Å². The average Bonchev–Trinajstić information content (AvgIpc) is 2.00. The highest BCUT2D eigenvalue weighted by atomic mass is 16.4. The molecule has 0 saturated carbocycles. The highest BCUT2D eigenvalue weighted by molar-refractivity contribution is 5.69. The van der Waals surface area contributed by atoms with Crippen LogP contribution in [0.4, 0.5) is 0 Å². The summed E-state index contributed by atoms with van der Waals surface area (Å²) in [4.78, 5) is 12.9. The highest BCUT2D eigenvalue weighted by Gasteiger charge is 2.19. The monoisotopic (exact) mass is 201 g/mol. The lowest BCUT2D eigenvalue weighted by Crippen LogP contribution is -2.37. The summed E-state index contributed by atoms with van der Waals surface area (Å²) in [6.45, 7) is 12.8. The van der Waals surface area contributed by atoms with Crippen molar-refractivity contribution in [1.29, 1.82) is 0 Å². The summed E-state index contributed by atoms with van der Waals surface area (Å²) < 4.78 is 0. The van der Waals surface area contributed by atoms with Crippen LogP contribution in [0.3, 0.4) is 0 Å². The van der Waals surface area contributed by atoms with Crippen molar-refractivity contribution in [1.82, 2.24) is 4.90 Å². The van der Waals surface area contributed by atoms with Crippen LogP contribution in [0.25, 0.3) is 0 Å². The van der Waals surface area contributed by atoms with Gasteiger partial charge in [-0.2, -0.15) is 0 Å². The number of rotatable bonds is 5. The number of carboxylic acid groups (broad SMARTS) is 1. The van der Waals surface area contributed by atoms with Crippen molar-refractivity contribution >= 4 is 5.97 Å². The molecule has 0 aromatic heterocycles. The molecule has 84 valence electrons. The van der Waals surface area contributed by atoms with Crippen LogP contribution in [0.2, 0.25) is 0 Å². The van der Waals surface area contributed by atoms with Crippen LogP contribution in [-0.2, 0) is 4.79 Å². The SMILES string of the molecule is CCN(CC(C)C(=O)O)CC(C)(C)C. The fourth-order valence-corrected chi connectivity index (χ4v) is 1.44. The average molecular weight is 201 g/mol. The van der Waals surface area contributed by atoms with Gasteiger partial charge < -0.3 is 10.0 Å². The van der Waals surface area contributed by atoms with E-state index in [4.69, 9.17) is 5.11 Å². The normalized spacial score (nSPS) is 14.4. The van der Waals surface area contributed by atoms with Crippen molar-refractivity contribution in [3.63, 3.8) is 0 Å². The van der Waals surface area contributed by atoms with Gasteiger partial charge in [-0.1, -0.05) is 34.6 Å². The first kappa shape index (κ1) is 13.4. The third kappa shape index (κ3) is 5.97. The van der Waals surface area contributed by atoms with E-state index >= 15 is 0 Å². The van der Waals surface area contributed by atoms with Crippen molar-refractivity contribution < 1.29 is 9.90 Å². The molecule has 14 heavy (non-hydrogen) atoms. The van der Waals surface area contributed by atoms with Crippen LogP contribution in [-0.4, -0.2) is 35.6 Å². The van der Waals surface area contributed by atoms with Crippen LogP contribution in [0, 0.1) is 11.3 Å². The largest absolute Gasteiger partial charge is 0.481 e. The molecule has 0 heterocycles. The van der Waals surface area contributed by atoms with Gasteiger partial charge in [-0.15, -0.1) is 0 Å². The Bertz CT molecular complexity index is 184. The Morgan fingerprint density at radius 1 is 1.43 bits per heavy atom. The van der Waals surface area contributed by atoms with Crippen LogP contribution in [0.5, 0.6) is 0 Å². The summed E-state index contributed by atoms with van der Waals surface area (Å²) in [6.07, 6.45) is 0. The minimum atomic E-state index is -0.711. The van der Waals surface area contributed by atoms with E-state index < -0.39 is 5.97 Å².